The van der Waals surface area contributed by atoms with Crippen LogP contribution < -0.4 is 5.73 Å². The highest BCUT2D eigenvalue weighted by atomic mass is 32.1. The molecule has 1 aliphatic rings. The van der Waals surface area contributed by atoms with Gasteiger partial charge in [-0.05, 0) is 30.4 Å². The zero-order chi connectivity index (χ0) is 13.2. The first kappa shape index (κ1) is 12.4. The summed E-state index contributed by atoms with van der Waals surface area (Å²) in [5.41, 5.74) is 7.26. The van der Waals surface area contributed by atoms with E-state index in [0.29, 0.717) is 12.2 Å². The van der Waals surface area contributed by atoms with Gasteiger partial charge in [0.05, 0.1) is 10.6 Å². The first-order valence-electron chi connectivity index (χ1n) is 6.38. The van der Waals surface area contributed by atoms with E-state index in [0.717, 1.165) is 30.0 Å². The Morgan fingerprint density at radius 1 is 1.58 bits per heavy atom. The van der Waals surface area contributed by atoms with E-state index in [1.165, 1.54) is 0 Å². The second-order valence-corrected chi connectivity index (χ2v) is 5.75. The van der Waals surface area contributed by atoms with Gasteiger partial charge in [-0.3, -0.25) is 9.89 Å². The summed E-state index contributed by atoms with van der Waals surface area (Å²) in [6, 6.07) is 5.89. The van der Waals surface area contributed by atoms with E-state index in [1.54, 1.807) is 16.2 Å². The van der Waals surface area contributed by atoms with E-state index in [2.05, 4.69) is 10.2 Å². The van der Waals surface area contributed by atoms with Gasteiger partial charge in [0.25, 0.3) is 5.91 Å². The van der Waals surface area contributed by atoms with Gasteiger partial charge in [0.1, 0.15) is 0 Å². The third-order valence-corrected chi connectivity index (χ3v) is 4.23. The molecule has 1 saturated heterocycles. The maximum atomic E-state index is 12.3. The standard InChI is InChI=1S/C13H16N4OS/c14-9-3-1-5-17(8-9)13(18)11-7-10(15-16-11)12-4-2-6-19-12/h2,4,6-7,9H,1,3,5,8,14H2,(H,15,16). The van der Waals surface area contributed by atoms with Gasteiger partial charge in [-0.15, -0.1) is 11.3 Å². The Balaban J connectivity index is 1.77. The fourth-order valence-corrected chi connectivity index (χ4v) is 3.04. The molecule has 0 spiro atoms. The average Bonchev–Trinajstić information content (AvgIpc) is 3.08. The van der Waals surface area contributed by atoms with Crippen LogP contribution in [0.3, 0.4) is 0 Å². The van der Waals surface area contributed by atoms with Crippen molar-refractivity contribution in [3.8, 4) is 10.6 Å². The number of nitrogens with zero attached hydrogens (tertiary/aromatic N) is 2. The van der Waals surface area contributed by atoms with E-state index in [4.69, 9.17) is 5.73 Å². The van der Waals surface area contributed by atoms with Gasteiger partial charge in [-0.2, -0.15) is 5.10 Å². The van der Waals surface area contributed by atoms with Crippen molar-refractivity contribution in [1.82, 2.24) is 15.1 Å². The normalized spacial score (nSPS) is 19.6. The van der Waals surface area contributed by atoms with Crippen LogP contribution >= 0.6 is 11.3 Å². The molecule has 0 radical (unpaired) electrons. The third-order valence-electron chi connectivity index (χ3n) is 3.33. The molecule has 0 bridgehead atoms. The summed E-state index contributed by atoms with van der Waals surface area (Å²) < 4.78 is 0. The molecule has 6 heteroatoms. The van der Waals surface area contributed by atoms with Crippen LogP contribution in [0.25, 0.3) is 10.6 Å². The van der Waals surface area contributed by atoms with Crippen LogP contribution in [0.5, 0.6) is 0 Å². The maximum Gasteiger partial charge on any atom is 0.274 e. The molecule has 3 N–H and O–H groups in total. The van der Waals surface area contributed by atoms with E-state index >= 15 is 0 Å². The first-order chi connectivity index (χ1) is 9.24. The number of likely N-dealkylation sites (tertiary alicyclic amines) is 1. The average molecular weight is 276 g/mol. The third kappa shape index (κ3) is 2.54. The number of aromatic amines is 1. The number of thiophene rings is 1. The lowest BCUT2D eigenvalue weighted by molar-refractivity contribution is 0.0703. The van der Waals surface area contributed by atoms with Crippen LogP contribution in [0.2, 0.25) is 0 Å². The Kier molecular flexibility index (Phi) is 3.35. The number of carbonyl (C=O) groups excluding carboxylic acids is 1. The predicted molar refractivity (Wildman–Crippen MR) is 75.0 cm³/mol. The second kappa shape index (κ2) is 5.14. The highest BCUT2D eigenvalue weighted by Gasteiger charge is 2.24. The highest BCUT2D eigenvalue weighted by Crippen LogP contribution is 2.23. The molecule has 3 heterocycles. The Morgan fingerprint density at radius 3 is 3.21 bits per heavy atom. The van der Waals surface area contributed by atoms with Crippen LogP contribution in [0.1, 0.15) is 23.3 Å². The van der Waals surface area contributed by atoms with Gasteiger partial charge in [0.2, 0.25) is 0 Å². The zero-order valence-corrected chi connectivity index (χ0v) is 11.3. The fraction of sp³-hybridized carbons (Fsp3) is 0.385. The molecule has 1 aliphatic heterocycles. The lowest BCUT2D eigenvalue weighted by Crippen LogP contribution is -2.45. The van der Waals surface area contributed by atoms with E-state index in [1.807, 2.05) is 23.6 Å². The van der Waals surface area contributed by atoms with Crippen LogP contribution in [-0.2, 0) is 0 Å². The largest absolute Gasteiger partial charge is 0.336 e. The molecular weight excluding hydrogens is 260 g/mol. The summed E-state index contributed by atoms with van der Waals surface area (Å²) in [6.07, 6.45) is 1.96. The molecule has 2 aromatic heterocycles. The number of rotatable bonds is 2. The lowest BCUT2D eigenvalue weighted by Gasteiger charge is -2.30. The number of hydrogen-bond donors (Lipinski definition) is 2. The molecule has 0 aliphatic carbocycles. The Labute approximate surface area is 115 Å². The molecule has 1 atom stereocenters. The maximum absolute atomic E-state index is 12.3. The molecule has 1 fully saturated rings. The minimum atomic E-state index is -0.0331. The molecule has 1 unspecified atom stereocenters. The molecule has 5 nitrogen and oxygen atoms in total. The van der Waals surface area contributed by atoms with Gasteiger partial charge >= 0.3 is 0 Å². The fourth-order valence-electron chi connectivity index (χ4n) is 2.35. The highest BCUT2D eigenvalue weighted by molar-refractivity contribution is 7.13. The number of amides is 1. The van der Waals surface area contributed by atoms with Crippen molar-refractivity contribution < 1.29 is 4.79 Å². The minimum absolute atomic E-state index is 0.0331. The van der Waals surface area contributed by atoms with Gasteiger partial charge in [-0.25, -0.2) is 0 Å². The molecule has 3 rings (SSSR count). The van der Waals surface area contributed by atoms with Crippen LogP contribution in [0.15, 0.2) is 23.6 Å². The summed E-state index contributed by atoms with van der Waals surface area (Å²) in [6.45, 7) is 1.40. The number of carbonyl (C=O) groups is 1. The van der Waals surface area contributed by atoms with Gasteiger partial charge in [0, 0.05) is 19.1 Å². The Morgan fingerprint density at radius 2 is 2.47 bits per heavy atom. The van der Waals surface area contributed by atoms with Gasteiger partial charge in [-0.1, -0.05) is 6.07 Å². The molecular formula is C13H16N4OS. The molecule has 1 amide bonds. The summed E-state index contributed by atoms with van der Waals surface area (Å²) >= 11 is 1.62. The van der Waals surface area contributed by atoms with E-state index in [9.17, 15) is 4.79 Å². The van der Waals surface area contributed by atoms with Crippen molar-refractivity contribution in [2.75, 3.05) is 13.1 Å². The summed E-state index contributed by atoms with van der Waals surface area (Å²) in [4.78, 5) is 15.2. The monoisotopic (exact) mass is 276 g/mol. The molecule has 100 valence electrons. The van der Waals surface area contributed by atoms with Crippen molar-refractivity contribution >= 4 is 17.2 Å². The molecule has 19 heavy (non-hydrogen) atoms. The smallest absolute Gasteiger partial charge is 0.274 e. The summed E-state index contributed by atoms with van der Waals surface area (Å²) in [7, 11) is 0. The topological polar surface area (TPSA) is 75.0 Å². The van der Waals surface area contributed by atoms with Crippen LogP contribution in [-0.4, -0.2) is 40.1 Å². The zero-order valence-electron chi connectivity index (χ0n) is 10.5. The van der Waals surface area contributed by atoms with Gasteiger partial charge in [0.15, 0.2) is 5.69 Å². The van der Waals surface area contributed by atoms with Crippen LogP contribution in [0, 0.1) is 0 Å². The SMILES string of the molecule is NC1CCCN(C(=O)c2cc(-c3cccs3)[nH]n2)C1. The molecule has 0 aromatic carbocycles. The van der Waals surface area contributed by atoms with Crippen LogP contribution in [0.4, 0.5) is 0 Å². The molecule has 2 aromatic rings. The summed E-state index contributed by atoms with van der Waals surface area (Å²) in [5.74, 6) is -0.0331. The predicted octanol–water partition coefficient (Wildman–Crippen LogP) is 1.70. The van der Waals surface area contributed by atoms with Crippen molar-refractivity contribution in [2.45, 2.75) is 18.9 Å². The second-order valence-electron chi connectivity index (χ2n) is 4.80. The number of nitrogens with one attached hydrogen (secondary N) is 1. The molecule has 0 saturated carbocycles. The van der Waals surface area contributed by atoms with Crippen molar-refractivity contribution in [3.63, 3.8) is 0 Å². The minimum Gasteiger partial charge on any atom is -0.336 e. The van der Waals surface area contributed by atoms with Crippen molar-refractivity contribution in [3.05, 3.63) is 29.3 Å². The van der Waals surface area contributed by atoms with E-state index in [-0.39, 0.29) is 11.9 Å². The number of hydrogen-bond acceptors (Lipinski definition) is 4. The Bertz CT molecular complexity index is 563. The number of nitrogens with two attached hydrogens (primary N) is 1. The quantitative estimate of drug-likeness (QED) is 0.876. The number of piperidine rings is 1. The van der Waals surface area contributed by atoms with Gasteiger partial charge < -0.3 is 10.6 Å². The summed E-state index contributed by atoms with van der Waals surface area (Å²) in [5, 5.41) is 9.04. The Hall–Kier alpha value is -1.66. The number of H-pyrrole nitrogens is 1. The lowest BCUT2D eigenvalue weighted by atomic mass is 10.1. The first-order valence-corrected chi connectivity index (χ1v) is 7.26. The van der Waals surface area contributed by atoms with Crippen molar-refractivity contribution in [2.24, 2.45) is 5.73 Å². The number of aromatic nitrogens is 2. The van der Waals surface area contributed by atoms with E-state index < -0.39 is 0 Å². The van der Waals surface area contributed by atoms with Crippen molar-refractivity contribution in [1.29, 1.82) is 0 Å².